The Labute approximate surface area is 135 Å². The third kappa shape index (κ3) is 4.24. The molecule has 4 nitrogen and oxygen atoms in total. The second kappa shape index (κ2) is 7.31. The zero-order valence-electron chi connectivity index (χ0n) is 12.4. The van der Waals surface area contributed by atoms with Gasteiger partial charge in [0.25, 0.3) is 0 Å². The molecule has 1 heterocycles. The largest absolute Gasteiger partial charge is 0.490 e. The van der Waals surface area contributed by atoms with Gasteiger partial charge in [0, 0.05) is 5.69 Å². The van der Waals surface area contributed by atoms with Crippen molar-refractivity contribution in [1.29, 1.82) is 0 Å². The van der Waals surface area contributed by atoms with Gasteiger partial charge in [0.2, 0.25) is 0 Å². The first-order chi connectivity index (χ1) is 10.8. The highest BCUT2D eigenvalue weighted by Gasteiger charge is 2.16. The molecule has 22 heavy (non-hydrogen) atoms. The zero-order valence-corrected chi connectivity index (χ0v) is 13.2. The van der Waals surface area contributed by atoms with E-state index < -0.39 is 0 Å². The molecule has 0 saturated heterocycles. The number of hydrogen-bond acceptors (Lipinski definition) is 3. The van der Waals surface area contributed by atoms with Crippen molar-refractivity contribution < 1.29 is 9.15 Å². The highest BCUT2D eigenvalue weighted by Crippen LogP contribution is 2.24. The molecule has 0 atom stereocenters. The summed E-state index contributed by atoms with van der Waals surface area (Å²) >= 11 is 5.26. The maximum absolute atomic E-state index is 5.94. The van der Waals surface area contributed by atoms with Gasteiger partial charge in [0.05, 0.1) is 18.9 Å². The fourth-order valence-corrected chi connectivity index (χ4v) is 2.76. The summed E-state index contributed by atoms with van der Waals surface area (Å²) in [6.07, 6.45) is 6.92. The van der Waals surface area contributed by atoms with Gasteiger partial charge in [0.15, 0.2) is 5.11 Å². The lowest BCUT2D eigenvalue weighted by Crippen LogP contribution is -2.27. The molecule has 2 aromatic rings. The van der Waals surface area contributed by atoms with Gasteiger partial charge in [-0.25, -0.2) is 0 Å². The molecule has 116 valence electrons. The Morgan fingerprint density at radius 1 is 1.18 bits per heavy atom. The minimum absolute atomic E-state index is 0.384. The van der Waals surface area contributed by atoms with E-state index >= 15 is 0 Å². The van der Waals surface area contributed by atoms with Crippen LogP contribution in [0.2, 0.25) is 0 Å². The zero-order chi connectivity index (χ0) is 15.2. The van der Waals surface area contributed by atoms with E-state index in [1.807, 2.05) is 36.4 Å². The van der Waals surface area contributed by atoms with Crippen LogP contribution < -0.4 is 15.4 Å². The van der Waals surface area contributed by atoms with E-state index in [4.69, 9.17) is 21.4 Å². The fraction of sp³-hybridized carbons (Fsp3) is 0.353. The van der Waals surface area contributed by atoms with Gasteiger partial charge in [-0.3, -0.25) is 0 Å². The highest BCUT2D eigenvalue weighted by atomic mass is 32.1. The van der Waals surface area contributed by atoms with Crippen molar-refractivity contribution in [3.8, 4) is 5.75 Å². The number of benzene rings is 1. The van der Waals surface area contributed by atoms with Crippen LogP contribution in [0.25, 0.3) is 0 Å². The van der Waals surface area contributed by atoms with E-state index in [9.17, 15) is 0 Å². The number of hydrogen-bond donors (Lipinski definition) is 2. The highest BCUT2D eigenvalue weighted by molar-refractivity contribution is 7.80. The van der Waals surface area contributed by atoms with Gasteiger partial charge in [-0.15, -0.1) is 0 Å². The van der Waals surface area contributed by atoms with Crippen molar-refractivity contribution >= 4 is 23.0 Å². The lowest BCUT2D eigenvalue weighted by Gasteiger charge is -2.14. The summed E-state index contributed by atoms with van der Waals surface area (Å²) in [5.41, 5.74) is 0.940. The Bertz CT molecular complexity index is 590. The SMILES string of the molecule is S=C(NCc1ccco1)Nc1ccc(OC2CCCC2)cc1. The molecule has 1 saturated carbocycles. The lowest BCUT2D eigenvalue weighted by atomic mass is 10.3. The van der Waals surface area contributed by atoms with Crippen LogP contribution in [0.5, 0.6) is 5.75 Å². The monoisotopic (exact) mass is 316 g/mol. The molecule has 1 aliphatic carbocycles. The predicted molar refractivity (Wildman–Crippen MR) is 91.1 cm³/mol. The summed E-state index contributed by atoms with van der Waals surface area (Å²) in [5.74, 6) is 1.77. The molecule has 0 spiro atoms. The Morgan fingerprint density at radius 2 is 1.95 bits per heavy atom. The van der Waals surface area contributed by atoms with Gasteiger partial charge in [-0.1, -0.05) is 0 Å². The number of rotatable bonds is 5. The van der Waals surface area contributed by atoms with E-state index in [1.54, 1.807) is 6.26 Å². The van der Waals surface area contributed by atoms with Crippen LogP contribution in [0.3, 0.4) is 0 Å². The fourth-order valence-electron chi connectivity index (χ4n) is 2.57. The Hall–Kier alpha value is -2.01. The number of nitrogens with one attached hydrogen (secondary N) is 2. The first kappa shape index (κ1) is 14.9. The van der Waals surface area contributed by atoms with Crippen molar-refractivity contribution in [2.75, 3.05) is 5.32 Å². The minimum atomic E-state index is 0.384. The maximum Gasteiger partial charge on any atom is 0.171 e. The van der Waals surface area contributed by atoms with Gasteiger partial charge in [-0.2, -0.15) is 0 Å². The van der Waals surface area contributed by atoms with Crippen LogP contribution >= 0.6 is 12.2 Å². The smallest absolute Gasteiger partial charge is 0.171 e. The third-order valence-corrected chi connectivity index (χ3v) is 3.97. The number of ether oxygens (including phenoxy) is 1. The van der Waals surface area contributed by atoms with Gasteiger partial charge in [-0.05, 0) is 74.3 Å². The number of furan rings is 1. The summed E-state index contributed by atoms with van der Waals surface area (Å²) in [6, 6.07) is 11.7. The molecular weight excluding hydrogens is 296 g/mol. The first-order valence-corrected chi connectivity index (χ1v) is 8.04. The molecule has 3 rings (SSSR count). The van der Waals surface area contributed by atoms with Crippen molar-refractivity contribution in [3.63, 3.8) is 0 Å². The molecule has 0 radical (unpaired) electrons. The van der Waals surface area contributed by atoms with Crippen LogP contribution in [-0.4, -0.2) is 11.2 Å². The van der Waals surface area contributed by atoms with Crippen molar-refractivity contribution in [1.82, 2.24) is 5.32 Å². The summed E-state index contributed by atoms with van der Waals surface area (Å²) in [6.45, 7) is 0.571. The van der Waals surface area contributed by atoms with E-state index in [-0.39, 0.29) is 0 Å². The van der Waals surface area contributed by atoms with E-state index in [1.165, 1.54) is 25.7 Å². The molecule has 1 aromatic carbocycles. The summed E-state index contributed by atoms with van der Waals surface area (Å²) in [7, 11) is 0. The van der Waals surface area contributed by atoms with Crippen molar-refractivity contribution in [2.24, 2.45) is 0 Å². The molecule has 0 amide bonds. The molecule has 5 heteroatoms. The molecule has 0 unspecified atom stereocenters. The lowest BCUT2D eigenvalue weighted by molar-refractivity contribution is 0.210. The normalized spacial score (nSPS) is 14.7. The van der Waals surface area contributed by atoms with Crippen molar-refractivity contribution in [2.45, 2.75) is 38.3 Å². The summed E-state index contributed by atoms with van der Waals surface area (Å²) in [4.78, 5) is 0. The van der Waals surface area contributed by atoms with E-state index in [2.05, 4.69) is 10.6 Å². The van der Waals surface area contributed by atoms with Crippen LogP contribution in [-0.2, 0) is 6.54 Å². The average molecular weight is 316 g/mol. The number of anilines is 1. The van der Waals surface area contributed by atoms with Gasteiger partial charge in [0.1, 0.15) is 11.5 Å². The standard InChI is InChI=1S/C17H20N2O2S/c22-17(18-12-16-6-3-11-20-16)19-13-7-9-15(10-8-13)21-14-4-1-2-5-14/h3,6-11,14H,1-2,4-5,12H2,(H2,18,19,22). The Balaban J connectivity index is 1.46. The molecule has 1 aromatic heterocycles. The third-order valence-electron chi connectivity index (χ3n) is 3.72. The van der Waals surface area contributed by atoms with Crippen LogP contribution in [0.15, 0.2) is 47.1 Å². The second-order valence-electron chi connectivity index (χ2n) is 5.44. The molecule has 0 bridgehead atoms. The predicted octanol–water partition coefficient (Wildman–Crippen LogP) is 4.09. The molecule has 1 aliphatic rings. The van der Waals surface area contributed by atoms with E-state index in [0.717, 1.165) is 17.2 Å². The Morgan fingerprint density at radius 3 is 2.64 bits per heavy atom. The van der Waals surface area contributed by atoms with Crippen LogP contribution in [0.1, 0.15) is 31.4 Å². The molecular formula is C17H20N2O2S. The van der Waals surface area contributed by atoms with Crippen LogP contribution in [0, 0.1) is 0 Å². The average Bonchev–Trinajstić information content (AvgIpc) is 3.20. The summed E-state index contributed by atoms with van der Waals surface area (Å²) < 4.78 is 11.2. The Kier molecular flexibility index (Phi) is 4.96. The van der Waals surface area contributed by atoms with Gasteiger partial charge >= 0.3 is 0 Å². The molecule has 2 N–H and O–H groups in total. The quantitative estimate of drug-likeness (QED) is 0.814. The second-order valence-corrected chi connectivity index (χ2v) is 5.84. The molecule has 0 aliphatic heterocycles. The van der Waals surface area contributed by atoms with Crippen LogP contribution in [0.4, 0.5) is 5.69 Å². The summed E-state index contributed by atoms with van der Waals surface area (Å²) in [5, 5.41) is 6.82. The van der Waals surface area contributed by atoms with E-state index in [0.29, 0.717) is 17.8 Å². The maximum atomic E-state index is 5.94. The topological polar surface area (TPSA) is 46.4 Å². The van der Waals surface area contributed by atoms with Crippen molar-refractivity contribution in [3.05, 3.63) is 48.4 Å². The first-order valence-electron chi connectivity index (χ1n) is 7.63. The molecule has 1 fully saturated rings. The van der Waals surface area contributed by atoms with Gasteiger partial charge < -0.3 is 19.8 Å². The number of thiocarbonyl (C=S) groups is 1. The minimum Gasteiger partial charge on any atom is -0.490 e.